The highest BCUT2D eigenvalue weighted by molar-refractivity contribution is 7.13. The minimum absolute atomic E-state index is 0.0296. The van der Waals surface area contributed by atoms with Crippen LogP contribution in [0.25, 0.3) is 10.7 Å². The van der Waals surface area contributed by atoms with Crippen molar-refractivity contribution in [2.45, 2.75) is 19.3 Å². The predicted octanol–water partition coefficient (Wildman–Crippen LogP) is 2.23. The van der Waals surface area contributed by atoms with Gasteiger partial charge in [-0.15, -0.1) is 11.3 Å². The third-order valence-corrected chi connectivity index (χ3v) is 6.31. The Hall–Kier alpha value is -3.04. The van der Waals surface area contributed by atoms with Crippen LogP contribution in [-0.4, -0.2) is 71.0 Å². The summed E-state index contributed by atoms with van der Waals surface area (Å²) in [4.78, 5) is 34.1. The van der Waals surface area contributed by atoms with Crippen LogP contribution in [0.15, 0.2) is 52.4 Å². The summed E-state index contributed by atoms with van der Waals surface area (Å²) in [5, 5.41) is 8.78. The Labute approximate surface area is 191 Å². The maximum Gasteiger partial charge on any atom is 0.242 e. The van der Waals surface area contributed by atoms with E-state index in [9.17, 15) is 9.59 Å². The molecule has 0 spiro atoms. The van der Waals surface area contributed by atoms with Crippen molar-refractivity contribution in [1.82, 2.24) is 25.3 Å². The molecule has 9 heteroatoms. The monoisotopic (exact) mass is 453 g/mol. The molecular formula is C23H27N5O3S. The highest BCUT2D eigenvalue weighted by atomic mass is 32.1. The van der Waals surface area contributed by atoms with E-state index >= 15 is 0 Å². The van der Waals surface area contributed by atoms with Gasteiger partial charge in [-0.2, -0.15) is 4.98 Å². The lowest BCUT2D eigenvalue weighted by Crippen LogP contribution is -2.51. The van der Waals surface area contributed by atoms with Crippen LogP contribution < -0.4 is 5.32 Å². The SMILES string of the molecule is O=C(Cc1ccccc1)NCC(=O)N1CCN(CCCc2nc(-c3cccs3)no2)CC1. The van der Waals surface area contributed by atoms with Crippen LogP contribution in [0.5, 0.6) is 0 Å². The lowest BCUT2D eigenvalue weighted by molar-refractivity contribution is -0.134. The summed E-state index contributed by atoms with van der Waals surface area (Å²) in [6, 6.07) is 13.5. The topological polar surface area (TPSA) is 91.6 Å². The summed E-state index contributed by atoms with van der Waals surface area (Å²) in [7, 11) is 0. The van der Waals surface area contributed by atoms with Gasteiger partial charge in [-0.25, -0.2) is 0 Å². The van der Waals surface area contributed by atoms with E-state index in [0.717, 1.165) is 42.9 Å². The molecule has 0 bridgehead atoms. The van der Waals surface area contributed by atoms with Crippen molar-refractivity contribution < 1.29 is 14.1 Å². The molecule has 4 rings (SSSR count). The molecular weight excluding hydrogens is 426 g/mol. The van der Waals surface area contributed by atoms with Gasteiger partial charge in [-0.3, -0.25) is 14.5 Å². The quantitative estimate of drug-likeness (QED) is 0.534. The number of nitrogens with zero attached hydrogens (tertiary/aromatic N) is 4. The number of carbonyl (C=O) groups excluding carboxylic acids is 2. The van der Waals surface area contributed by atoms with Gasteiger partial charge >= 0.3 is 0 Å². The largest absolute Gasteiger partial charge is 0.347 e. The second-order valence-electron chi connectivity index (χ2n) is 7.75. The molecule has 0 radical (unpaired) electrons. The fraction of sp³-hybridized carbons (Fsp3) is 0.391. The van der Waals surface area contributed by atoms with Crippen LogP contribution in [0, 0.1) is 0 Å². The molecule has 168 valence electrons. The van der Waals surface area contributed by atoms with Crippen LogP contribution in [0.2, 0.25) is 0 Å². The Kier molecular flexibility index (Phi) is 7.63. The van der Waals surface area contributed by atoms with Gasteiger partial charge in [0.2, 0.25) is 23.5 Å². The molecule has 0 saturated carbocycles. The van der Waals surface area contributed by atoms with Gasteiger partial charge in [-0.1, -0.05) is 41.6 Å². The molecule has 32 heavy (non-hydrogen) atoms. The van der Waals surface area contributed by atoms with Crippen molar-refractivity contribution in [2.75, 3.05) is 39.3 Å². The fourth-order valence-electron chi connectivity index (χ4n) is 3.67. The minimum Gasteiger partial charge on any atom is -0.347 e. The summed E-state index contributed by atoms with van der Waals surface area (Å²) in [6.07, 6.45) is 1.96. The normalized spacial score (nSPS) is 14.4. The van der Waals surface area contributed by atoms with Crippen molar-refractivity contribution in [3.8, 4) is 10.7 Å². The Morgan fingerprint density at radius 1 is 1.06 bits per heavy atom. The summed E-state index contributed by atoms with van der Waals surface area (Å²) < 4.78 is 5.35. The molecule has 0 unspecified atom stereocenters. The first kappa shape index (κ1) is 22.2. The molecule has 3 aromatic rings. The van der Waals surface area contributed by atoms with Crippen molar-refractivity contribution in [3.63, 3.8) is 0 Å². The molecule has 1 N–H and O–H groups in total. The number of carbonyl (C=O) groups is 2. The van der Waals surface area contributed by atoms with E-state index in [1.165, 1.54) is 0 Å². The van der Waals surface area contributed by atoms with Crippen molar-refractivity contribution >= 4 is 23.2 Å². The Morgan fingerprint density at radius 2 is 1.88 bits per heavy atom. The molecule has 1 fully saturated rings. The summed E-state index contributed by atoms with van der Waals surface area (Å²) in [5.41, 5.74) is 0.939. The van der Waals surface area contributed by atoms with Crippen molar-refractivity contribution in [1.29, 1.82) is 0 Å². The van der Waals surface area contributed by atoms with Crippen LogP contribution in [0.3, 0.4) is 0 Å². The lowest BCUT2D eigenvalue weighted by Gasteiger charge is -2.34. The van der Waals surface area contributed by atoms with E-state index in [-0.39, 0.29) is 24.8 Å². The molecule has 3 heterocycles. The molecule has 2 amide bonds. The van der Waals surface area contributed by atoms with Gasteiger partial charge < -0.3 is 14.7 Å². The number of benzene rings is 1. The zero-order valence-corrected chi connectivity index (χ0v) is 18.7. The van der Waals surface area contributed by atoms with E-state index in [1.54, 1.807) is 11.3 Å². The molecule has 1 saturated heterocycles. The zero-order chi connectivity index (χ0) is 22.2. The standard InChI is InChI=1S/C23H27N5O3S/c29-20(16-18-6-2-1-3-7-18)24-17-22(30)28-13-11-27(12-14-28)10-4-9-21-25-23(26-31-21)19-8-5-15-32-19/h1-3,5-8,15H,4,9-14,16-17H2,(H,24,29). The smallest absolute Gasteiger partial charge is 0.242 e. The van der Waals surface area contributed by atoms with Crippen LogP contribution >= 0.6 is 11.3 Å². The molecule has 0 atom stereocenters. The third-order valence-electron chi connectivity index (χ3n) is 5.44. The number of thiophene rings is 1. The van der Waals surface area contributed by atoms with Gasteiger partial charge in [0.25, 0.3) is 0 Å². The Morgan fingerprint density at radius 3 is 2.62 bits per heavy atom. The van der Waals surface area contributed by atoms with Crippen molar-refractivity contribution in [2.24, 2.45) is 0 Å². The van der Waals surface area contributed by atoms with Crippen LogP contribution in [0.4, 0.5) is 0 Å². The van der Waals surface area contributed by atoms with Gasteiger partial charge in [0.1, 0.15) is 0 Å². The minimum atomic E-state index is -0.133. The number of hydrogen-bond acceptors (Lipinski definition) is 7. The van der Waals surface area contributed by atoms with E-state index in [2.05, 4.69) is 20.4 Å². The van der Waals surface area contributed by atoms with Gasteiger partial charge in [-0.05, 0) is 30.0 Å². The maximum atomic E-state index is 12.4. The van der Waals surface area contributed by atoms with Crippen LogP contribution in [0.1, 0.15) is 17.9 Å². The predicted molar refractivity (Wildman–Crippen MR) is 122 cm³/mol. The number of aromatic nitrogens is 2. The van der Waals surface area contributed by atoms with Gasteiger partial charge in [0.05, 0.1) is 17.8 Å². The number of amides is 2. The first-order valence-corrected chi connectivity index (χ1v) is 11.7. The second-order valence-corrected chi connectivity index (χ2v) is 8.70. The summed E-state index contributed by atoms with van der Waals surface area (Å²) in [6.45, 7) is 3.98. The molecule has 0 aliphatic carbocycles. The number of rotatable bonds is 9. The number of hydrogen-bond donors (Lipinski definition) is 1. The van der Waals surface area contributed by atoms with E-state index in [1.807, 2.05) is 52.7 Å². The van der Waals surface area contributed by atoms with E-state index < -0.39 is 0 Å². The third kappa shape index (κ3) is 6.24. The fourth-order valence-corrected chi connectivity index (χ4v) is 4.32. The molecule has 1 aliphatic heterocycles. The van der Waals surface area contributed by atoms with Crippen LogP contribution in [-0.2, 0) is 22.4 Å². The number of aryl methyl sites for hydroxylation is 1. The molecule has 8 nitrogen and oxygen atoms in total. The average molecular weight is 454 g/mol. The lowest BCUT2D eigenvalue weighted by atomic mass is 10.1. The second kappa shape index (κ2) is 11.0. The van der Waals surface area contributed by atoms with Gasteiger partial charge in [0, 0.05) is 32.6 Å². The maximum absolute atomic E-state index is 12.4. The molecule has 1 aliphatic rings. The van der Waals surface area contributed by atoms with Crippen molar-refractivity contribution in [3.05, 3.63) is 59.3 Å². The summed E-state index contributed by atoms with van der Waals surface area (Å²) in [5.74, 6) is 1.15. The number of nitrogens with one attached hydrogen (secondary N) is 1. The van der Waals surface area contributed by atoms with Gasteiger partial charge in [0.15, 0.2) is 0 Å². The Balaban J connectivity index is 1.11. The van der Waals surface area contributed by atoms with E-state index in [0.29, 0.717) is 24.8 Å². The highest BCUT2D eigenvalue weighted by Crippen LogP contribution is 2.21. The first-order valence-electron chi connectivity index (χ1n) is 10.8. The number of piperazine rings is 1. The van der Waals surface area contributed by atoms with E-state index in [4.69, 9.17) is 4.52 Å². The Bertz CT molecular complexity index is 998. The summed E-state index contributed by atoms with van der Waals surface area (Å²) >= 11 is 1.59. The molecule has 1 aromatic carbocycles. The zero-order valence-electron chi connectivity index (χ0n) is 17.9. The first-order chi connectivity index (χ1) is 15.7. The highest BCUT2D eigenvalue weighted by Gasteiger charge is 2.21. The average Bonchev–Trinajstić information content (AvgIpc) is 3.51. The molecule has 2 aromatic heterocycles.